The van der Waals surface area contributed by atoms with Crippen LogP contribution in [0.5, 0.6) is 0 Å². The molecule has 20 heavy (non-hydrogen) atoms. The number of nitrogens with zero attached hydrogens (tertiary/aromatic N) is 1. The van der Waals surface area contributed by atoms with Gasteiger partial charge in [0.1, 0.15) is 0 Å². The molecular formula is C16H23NO2S. The van der Waals surface area contributed by atoms with E-state index in [1.807, 2.05) is 18.7 Å². The van der Waals surface area contributed by atoms with Gasteiger partial charge in [-0.1, -0.05) is 6.07 Å². The van der Waals surface area contributed by atoms with Crippen LogP contribution < -0.4 is 0 Å². The third-order valence-electron chi connectivity index (χ3n) is 4.22. The number of hydrogen-bond acceptors (Lipinski definition) is 3. The molecule has 1 aromatic carbocycles. The molecule has 0 saturated carbocycles. The highest BCUT2D eigenvalue weighted by Crippen LogP contribution is 2.30. The Labute approximate surface area is 125 Å². The second kappa shape index (κ2) is 6.19. The lowest BCUT2D eigenvalue weighted by Gasteiger charge is -2.19. The van der Waals surface area contributed by atoms with Crippen LogP contribution >= 0.6 is 11.8 Å². The quantitative estimate of drug-likeness (QED) is 0.846. The van der Waals surface area contributed by atoms with Gasteiger partial charge in [-0.2, -0.15) is 0 Å². The van der Waals surface area contributed by atoms with Gasteiger partial charge in [0.05, 0.1) is 5.41 Å². The smallest absolute Gasteiger partial charge is 0.310 e. The lowest BCUT2D eigenvalue weighted by Crippen LogP contribution is -2.32. The average Bonchev–Trinajstić information content (AvgIpc) is 2.77. The molecule has 0 spiro atoms. The molecular weight excluding hydrogens is 270 g/mol. The third-order valence-corrected chi connectivity index (χ3v) is 5.20. The first-order chi connectivity index (χ1) is 9.40. The number of benzene rings is 1. The molecule has 1 heterocycles. The summed E-state index contributed by atoms with van der Waals surface area (Å²) in [4.78, 5) is 14.8. The highest BCUT2D eigenvalue weighted by Gasteiger charge is 2.39. The zero-order chi connectivity index (χ0) is 14.8. The Bertz CT molecular complexity index is 503. The largest absolute Gasteiger partial charge is 0.481 e. The van der Waals surface area contributed by atoms with Gasteiger partial charge in [-0.25, -0.2) is 0 Å². The van der Waals surface area contributed by atoms with Gasteiger partial charge in [0.15, 0.2) is 0 Å². The van der Waals surface area contributed by atoms with Gasteiger partial charge < -0.3 is 10.0 Å². The van der Waals surface area contributed by atoms with Crippen molar-refractivity contribution in [2.24, 2.45) is 5.41 Å². The summed E-state index contributed by atoms with van der Waals surface area (Å²) in [6.45, 7) is 8.65. The predicted molar refractivity (Wildman–Crippen MR) is 83.4 cm³/mol. The summed E-state index contributed by atoms with van der Waals surface area (Å²) in [5.41, 5.74) is 2.10. The van der Waals surface area contributed by atoms with E-state index >= 15 is 0 Å². The summed E-state index contributed by atoms with van der Waals surface area (Å²) < 4.78 is 0. The Morgan fingerprint density at radius 3 is 2.75 bits per heavy atom. The Balaban J connectivity index is 1.79. The van der Waals surface area contributed by atoms with Crippen LogP contribution in [0.25, 0.3) is 0 Å². The van der Waals surface area contributed by atoms with Crippen LogP contribution in [-0.4, -0.2) is 41.4 Å². The van der Waals surface area contributed by atoms with Crippen LogP contribution in [-0.2, 0) is 4.79 Å². The molecule has 1 fully saturated rings. The maximum Gasteiger partial charge on any atom is 0.310 e. The Kier molecular flexibility index (Phi) is 4.76. The number of carbonyl (C=O) groups is 1. The molecule has 2 rings (SSSR count). The van der Waals surface area contributed by atoms with Crippen molar-refractivity contribution in [3.05, 3.63) is 29.3 Å². The highest BCUT2D eigenvalue weighted by atomic mass is 32.2. The van der Waals surface area contributed by atoms with Crippen molar-refractivity contribution < 1.29 is 9.90 Å². The molecule has 1 atom stereocenters. The lowest BCUT2D eigenvalue weighted by atomic mass is 9.90. The number of aryl methyl sites for hydroxylation is 2. The van der Waals surface area contributed by atoms with E-state index in [-0.39, 0.29) is 0 Å². The van der Waals surface area contributed by atoms with Crippen molar-refractivity contribution in [1.29, 1.82) is 0 Å². The van der Waals surface area contributed by atoms with Crippen LogP contribution in [0.4, 0.5) is 0 Å². The molecule has 1 N–H and O–H groups in total. The number of hydrogen-bond donors (Lipinski definition) is 1. The van der Waals surface area contributed by atoms with E-state index < -0.39 is 11.4 Å². The van der Waals surface area contributed by atoms with E-state index in [0.29, 0.717) is 6.54 Å². The van der Waals surface area contributed by atoms with Gasteiger partial charge in [0.25, 0.3) is 0 Å². The van der Waals surface area contributed by atoms with E-state index in [1.165, 1.54) is 16.0 Å². The molecule has 1 aliphatic rings. The Hall–Kier alpha value is -1.00. The van der Waals surface area contributed by atoms with E-state index in [2.05, 4.69) is 36.9 Å². The zero-order valence-corrected chi connectivity index (χ0v) is 13.3. The molecule has 3 nitrogen and oxygen atoms in total. The molecule has 0 aliphatic carbocycles. The SMILES string of the molecule is Cc1ccc(SCCN2CCC(C)(C(=O)O)C2)cc1C. The van der Waals surface area contributed by atoms with Gasteiger partial charge in [0.2, 0.25) is 0 Å². The maximum atomic E-state index is 11.2. The fraction of sp³-hybridized carbons (Fsp3) is 0.562. The highest BCUT2D eigenvalue weighted by molar-refractivity contribution is 7.99. The van der Waals surface area contributed by atoms with Crippen molar-refractivity contribution in [2.45, 2.75) is 32.1 Å². The fourth-order valence-electron chi connectivity index (χ4n) is 2.52. The van der Waals surface area contributed by atoms with E-state index in [4.69, 9.17) is 0 Å². The van der Waals surface area contributed by atoms with E-state index in [1.54, 1.807) is 0 Å². The molecule has 0 amide bonds. The van der Waals surface area contributed by atoms with Crippen molar-refractivity contribution in [3.63, 3.8) is 0 Å². The van der Waals surface area contributed by atoms with E-state index in [0.717, 1.165) is 25.3 Å². The Morgan fingerprint density at radius 2 is 2.15 bits per heavy atom. The molecule has 1 unspecified atom stereocenters. The minimum absolute atomic E-state index is 0.550. The number of thioether (sulfide) groups is 1. The average molecular weight is 293 g/mol. The molecule has 0 radical (unpaired) electrons. The van der Waals surface area contributed by atoms with Crippen LogP contribution in [0.2, 0.25) is 0 Å². The molecule has 0 aromatic heterocycles. The minimum atomic E-state index is -0.665. The van der Waals surface area contributed by atoms with Crippen LogP contribution in [0.3, 0.4) is 0 Å². The van der Waals surface area contributed by atoms with Gasteiger partial charge in [-0.15, -0.1) is 11.8 Å². The Morgan fingerprint density at radius 1 is 1.40 bits per heavy atom. The van der Waals surface area contributed by atoms with Gasteiger partial charge in [-0.05, 0) is 57.0 Å². The summed E-state index contributed by atoms with van der Waals surface area (Å²) in [5.74, 6) is 0.347. The minimum Gasteiger partial charge on any atom is -0.481 e. The summed E-state index contributed by atoms with van der Waals surface area (Å²) in [6, 6.07) is 6.55. The normalized spacial score (nSPS) is 23.1. The topological polar surface area (TPSA) is 40.5 Å². The number of carboxylic acid groups (broad SMARTS) is 1. The predicted octanol–water partition coefficient (Wildman–Crippen LogP) is 3.19. The number of carboxylic acids is 1. The zero-order valence-electron chi connectivity index (χ0n) is 12.5. The monoisotopic (exact) mass is 293 g/mol. The lowest BCUT2D eigenvalue weighted by molar-refractivity contribution is -0.147. The van der Waals surface area contributed by atoms with Crippen LogP contribution in [0.1, 0.15) is 24.5 Å². The molecule has 0 bridgehead atoms. The van der Waals surface area contributed by atoms with Crippen LogP contribution in [0.15, 0.2) is 23.1 Å². The molecule has 1 aromatic rings. The maximum absolute atomic E-state index is 11.2. The molecule has 4 heteroatoms. The summed E-state index contributed by atoms with van der Waals surface area (Å²) >= 11 is 1.85. The first-order valence-electron chi connectivity index (χ1n) is 7.06. The number of rotatable bonds is 5. The summed E-state index contributed by atoms with van der Waals surface area (Å²) in [7, 11) is 0. The molecule has 1 saturated heterocycles. The summed E-state index contributed by atoms with van der Waals surface area (Å²) in [6.07, 6.45) is 0.761. The fourth-order valence-corrected chi connectivity index (χ4v) is 3.53. The van der Waals surface area contributed by atoms with Gasteiger partial charge >= 0.3 is 5.97 Å². The second-order valence-electron chi connectivity index (χ2n) is 5.99. The first kappa shape index (κ1) is 15.4. The van der Waals surface area contributed by atoms with Crippen molar-refractivity contribution in [2.75, 3.05) is 25.4 Å². The van der Waals surface area contributed by atoms with E-state index in [9.17, 15) is 9.90 Å². The number of likely N-dealkylation sites (tertiary alicyclic amines) is 1. The van der Waals surface area contributed by atoms with Gasteiger partial charge in [0, 0.05) is 23.7 Å². The van der Waals surface area contributed by atoms with Crippen molar-refractivity contribution in [3.8, 4) is 0 Å². The molecule has 110 valence electrons. The van der Waals surface area contributed by atoms with Crippen LogP contribution in [0, 0.1) is 19.3 Å². The summed E-state index contributed by atoms with van der Waals surface area (Å²) in [5, 5.41) is 9.22. The molecule has 1 aliphatic heterocycles. The van der Waals surface area contributed by atoms with Crippen molar-refractivity contribution >= 4 is 17.7 Å². The second-order valence-corrected chi connectivity index (χ2v) is 7.15. The standard InChI is InChI=1S/C16H23NO2S/c1-12-4-5-14(10-13(12)2)20-9-8-17-7-6-16(3,11-17)15(18)19/h4-5,10H,6-9,11H2,1-3H3,(H,18,19). The third kappa shape index (κ3) is 3.55. The van der Waals surface area contributed by atoms with Gasteiger partial charge in [-0.3, -0.25) is 4.79 Å². The number of aliphatic carboxylic acids is 1. The first-order valence-corrected chi connectivity index (χ1v) is 8.05. The van der Waals surface area contributed by atoms with Crippen molar-refractivity contribution in [1.82, 2.24) is 4.90 Å².